The van der Waals surface area contributed by atoms with Gasteiger partial charge in [-0.25, -0.2) is 0 Å². The van der Waals surface area contributed by atoms with Crippen LogP contribution in [-0.2, 0) is 20.9 Å². The molecule has 2 aromatic rings. The zero-order valence-electron chi connectivity index (χ0n) is 15.4. The molecule has 2 aliphatic heterocycles. The van der Waals surface area contributed by atoms with E-state index in [2.05, 4.69) is 15.6 Å². The Morgan fingerprint density at radius 2 is 1.89 bits per heavy atom. The fraction of sp³-hybridized carbons (Fsp3) is 0.286. The monoisotopic (exact) mass is 379 g/mol. The maximum atomic E-state index is 12.9. The highest BCUT2D eigenvalue weighted by Gasteiger charge is 2.52. The number of amides is 2. The number of anilines is 1. The Labute approximate surface area is 162 Å². The Bertz CT molecular complexity index is 900. The fourth-order valence-corrected chi connectivity index (χ4v) is 3.67. The largest absolute Gasteiger partial charge is 0.497 e. The van der Waals surface area contributed by atoms with Crippen molar-refractivity contribution in [1.82, 2.24) is 10.3 Å². The molecule has 2 bridgehead atoms. The number of rotatable bonds is 6. The van der Waals surface area contributed by atoms with Crippen LogP contribution in [0.15, 0.2) is 60.9 Å². The quantitative estimate of drug-likeness (QED) is 0.749. The molecule has 0 saturated carbocycles. The summed E-state index contributed by atoms with van der Waals surface area (Å²) in [5.41, 5.74) is 1.51. The number of nitrogens with zero attached hydrogens (tertiary/aromatic N) is 1. The van der Waals surface area contributed by atoms with E-state index in [4.69, 9.17) is 9.47 Å². The maximum Gasteiger partial charge on any atom is 0.231 e. The lowest BCUT2D eigenvalue weighted by molar-refractivity contribution is -0.131. The third-order valence-electron chi connectivity index (χ3n) is 5.03. The lowest BCUT2D eigenvalue weighted by Crippen LogP contribution is -2.44. The normalized spacial score (nSPS) is 24.8. The number of carbonyl (C=O) groups excluding carboxylic acids is 2. The van der Waals surface area contributed by atoms with Crippen molar-refractivity contribution >= 4 is 17.5 Å². The molecular formula is C21H21N3O4. The molecule has 0 radical (unpaired) electrons. The molecule has 1 aromatic carbocycles. The summed E-state index contributed by atoms with van der Waals surface area (Å²) in [6.45, 7) is 0.356. The number of methoxy groups -OCH3 is 1. The van der Waals surface area contributed by atoms with Crippen molar-refractivity contribution < 1.29 is 19.1 Å². The third kappa shape index (κ3) is 3.61. The van der Waals surface area contributed by atoms with Crippen LogP contribution in [0.5, 0.6) is 5.75 Å². The van der Waals surface area contributed by atoms with Gasteiger partial charge in [0.05, 0.1) is 31.2 Å². The molecule has 2 amide bonds. The van der Waals surface area contributed by atoms with Crippen molar-refractivity contribution in [2.75, 3.05) is 12.4 Å². The molecule has 2 aliphatic rings. The van der Waals surface area contributed by atoms with Crippen LogP contribution in [0.1, 0.15) is 5.56 Å². The summed E-state index contributed by atoms with van der Waals surface area (Å²) in [7, 11) is 1.57. The molecular weight excluding hydrogens is 358 g/mol. The average Bonchev–Trinajstić information content (AvgIpc) is 3.34. The highest BCUT2D eigenvalue weighted by Crippen LogP contribution is 2.40. The van der Waals surface area contributed by atoms with Crippen LogP contribution in [0.2, 0.25) is 0 Å². The lowest BCUT2D eigenvalue weighted by atomic mass is 9.81. The minimum Gasteiger partial charge on any atom is -0.497 e. The molecule has 4 atom stereocenters. The van der Waals surface area contributed by atoms with Crippen molar-refractivity contribution in [3.05, 3.63) is 66.5 Å². The SMILES string of the molecule is COc1cccc(NC(=O)[C@H]2[C@@H](C(=O)NCc3cccnc3)[C@H]3C=C[C@@H]2O3)c1. The van der Waals surface area contributed by atoms with E-state index in [-0.39, 0.29) is 17.9 Å². The van der Waals surface area contributed by atoms with E-state index >= 15 is 0 Å². The first-order chi connectivity index (χ1) is 13.7. The van der Waals surface area contributed by atoms with Gasteiger partial charge in [0.2, 0.25) is 11.8 Å². The van der Waals surface area contributed by atoms with Crippen LogP contribution in [0.25, 0.3) is 0 Å². The van der Waals surface area contributed by atoms with E-state index in [1.807, 2.05) is 24.3 Å². The van der Waals surface area contributed by atoms with Crippen LogP contribution >= 0.6 is 0 Å². The zero-order chi connectivity index (χ0) is 19.5. The molecule has 1 fully saturated rings. The Balaban J connectivity index is 1.46. The molecule has 28 heavy (non-hydrogen) atoms. The van der Waals surface area contributed by atoms with Gasteiger partial charge in [0.25, 0.3) is 0 Å². The van der Waals surface area contributed by atoms with Crippen molar-refractivity contribution in [3.63, 3.8) is 0 Å². The number of hydrogen-bond donors (Lipinski definition) is 2. The van der Waals surface area contributed by atoms with E-state index in [1.165, 1.54) is 0 Å². The van der Waals surface area contributed by atoms with Crippen molar-refractivity contribution in [2.45, 2.75) is 18.8 Å². The van der Waals surface area contributed by atoms with Gasteiger partial charge in [-0.1, -0.05) is 24.3 Å². The molecule has 4 rings (SSSR count). The van der Waals surface area contributed by atoms with Gasteiger partial charge in [0.1, 0.15) is 5.75 Å². The van der Waals surface area contributed by atoms with E-state index in [0.29, 0.717) is 18.0 Å². The number of nitrogens with one attached hydrogen (secondary N) is 2. The molecule has 1 saturated heterocycles. The summed E-state index contributed by atoms with van der Waals surface area (Å²) >= 11 is 0. The molecule has 2 N–H and O–H groups in total. The molecule has 3 heterocycles. The van der Waals surface area contributed by atoms with Crippen molar-refractivity contribution in [1.29, 1.82) is 0 Å². The number of carbonyl (C=O) groups is 2. The number of aromatic nitrogens is 1. The van der Waals surface area contributed by atoms with Crippen LogP contribution in [0.3, 0.4) is 0 Å². The average molecular weight is 379 g/mol. The molecule has 0 spiro atoms. The van der Waals surface area contributed by atoms with Gasteiger partial charge in [0, 0.05) is 30.7 Å². The standard InChI is InChI=1S/C21H21N3O4/c1-27-15-6-2-5-14(10-15)24-21(26)19-17-8-7-16(28-17)18(19)20(25)23-12-13-4-3-9-22-11-13/h2-11,16-19H,12H2,1H3,(H,23,25)(H,24,26)/t16-,17+,18+,19-/m1/s1. The Hall–Kier alpha value is -3.19. The summed E-state index contributed by atoms with van der Waals surface area (Å²) in [4.78, 5) is 29.8. The smallest absolute Gasteiger partial charge is 0.231 e. The fourth-order valence-electron chi connectivity index (χ4n) is 3.67. The van der Waals surface area contributed by atoms with Crippen molar-refractivity contribution in [3.8, 4) is 5.75 Å². The number of pyridine rings is 1. The van der Waals surface area contributed by atoms with Gasteiger partial charge in [-0.05, 0) is 23.8 Å². The number of ether oxygens (including phenoxy) is 2. The van der Waals surface area contributed by atoms with Crippen molar-refractivity contribution in [2.24, 2.45) is 11.8 Å². The summed E-state index contributed by atoms with van der Waals surface area (Å²) in [5.74, 6) is -0.960. The summed E-state index contributed by atoms with van der Waals surface area (Å²) in [6, 6.07) is 10.8. The van der Waals surface area contributed by atoms with E-state index in [1.54, 1.807) is 43.8 Å². The topological polar surface area (TPSA) is 89.5 Å². The van der Waals surface area contributed by atoms with E-state index in [0.717, 1.165) is 5.56 Å². The Kier molecular flexibility index (Phi) is 5.08. The highest BCUT2D eigenvalue weighted by molar-refractivity contribution is 5.97. The third-order valence-corrected chi connectivity index (χ3v) is 5.03. The predicted molar refractivity (Wildman–Crippen MR) is 102 cm³/mol. The van der Waals surface area contributed by atoms with Gasteiger partial charge in [-0.3, -0.25) is 14.6 Å². The van der Waals surface area contributed by atoms with Crippen LogP contribution in [0.4, 0.5) is 5.69 Å². The molecule has 7 heteroatoms. The minimum atomic E-state index is -0.588. The summed E-state index contributed by atoms with van der Waals surface area (Å²) < 4.78 is 11.0. The van der Waals surface area contributed by atoms with Gasteiger partial charge in [-0.2, -0.15) is 0 Å². The lowest BCUT2D eigenvalue weighted by Gasteiger charge is -2.23. The van der Waals surface area contributed by atoms with Crippen LogP contribution in [-0.4, -0.2) is 36.1 Å². The predicted octanol–water partition coefficient (Wildman–Crippen LogP) is 1.91. The number of benzene rings is 1. The van der Waals surface area contributed by atoms with Crippen LogP contribution < -0.4 is 15.4 Å². The first-order valence-electron chi connectivity index (χ1n) is 9.11. The summed E-state index contributed by atoms with van der Waals surface area (Å²) in [6.07, 6.45) is 6.30. The first-order valence-corrected chi connectivity index (χ1v) is 9.11. The maximum absolute atomic E-state index is 12.9. The van der Waals surface area contributed by atoms with Crippen LogP contribution in [0, 0.1) is 11.8 Å². The second kappa shape index (κ2) is 7.82. The zero-order valence-corrected chi connectivity index (χ0v) is 15.4. The second-order valence-corrected chi connectivity index (χ2v) is 6.80. The molecule has 1 aromatic heterocycles. The summed E-state index contributed by atoms with van der Waals surface area (Å²) in [5, 5.41) is 5.78. The van der Waals surface area contributed by atoms with Gasteiger partial charge in [-0.15, -0.1) is 0 Å². The Morgan fingerprint density at radius 3 is 2.61 bits per heavy atom. The molecule has 0 aliphatic carbocycles. The highest BCUT2D eigenvalue weighted by atomic mass is 16.5. The van der Waals surface area contributed by atoms with Gasteiger partial charge < -0.3 is 20.1 Å². The molecule has 0 unspecified atom stereocenters. The second-order valence-electron chi connectivity index (χ2n) is 6.80. The molecule has 7 nitrogen and oxygen atoms in total. The molecule has 144 valence electrons. The van der Waals surface area contributed by atoms with Gasteiger partial charge in [0.15, 0.2) is 0 Å². The Morgan fingerprint density at radius 1 is 1.11 bits per heavy atom. The first kappa shape index (κ1) is 18.2. The van der Waals surface area contributed by atoms with E-state index in [9.17, 15) is 9.59 Å². The number of fused-ring (bicyclic) bond motifs is 2. The van der Waals surface area contributed by atoms with Gasteiger partial charge >= 0.3 is 0 Å². The van der Waals surface area contributed by atoms with E-state index < -0.39 is 17.9 Å². The number of hydrogen-bond acceptors (Lipinski definition) is 5. The minimum absolute atomic E-state index is 0.202.